The lowest BCUT2D eigenvalue weighted by molar-refractivity contribution is 0.438. The van der Waals surface area contributed by atoms with Gasteiger partial charge in [-0.05, 0) is 43.5 Å². The van der Waals surface area contributed by atoms with Crippen molar-refractivity contribution in [3.8, 4) is 0 Å². The van der Waals surface area contributed by atoms with E-state index < -0.39 is 0 Å². The number of rotatable bonds is 2. The van der Waals surface area contributed by atoms with Gasteiger partial charge < -0.3 is 5.01 Å². The summed E-state index contributed by atoms with van der Waals surface area (Å²) in [6.07, 6.45) is 0. The number of hydrazone groups is 1. The van der Waals surface area contributed by atoms with Gasteiger partial charge in [-0.3, -0.25) is 0 Å². The van der Waals surface area contributed by atoms with E-state index in [9.17, 15) is 0 Å². The van der Waals surface area contributed by atoms with Crippen LogP contribution in [0.5, 0.6) is 0 Å². The molecule has 0 fully saturated rings. The van der Waals surface area contributed by atoms with Crippen molar-refractivity contribution in [3.63, 3.8) is 0 Å². The van der Waals surface area contributed by atoms with Gasteiger partial charge in [0.2, 0.25) is 0 Å². The predicted molar refractivity (Wildman–Crippen MR) is 61.8 cm³/mol. The van der Waals surface area contributed by atoms with E-state index in [4.69, 9.17) is 0 Å². The minimum Gasteiger partial charge on any atom is -0.303 e. The molecule has 0 atom stereocenters. The second-order valence-electron chi connectivity index (χ2n) is 3.83. The lowest BCUT2D eigenvalue weighted by Crippen LogP contribution is -2.07. The fourth-order valence-corrected chi connectivity index (χ4v) is 1.32. The van der Waals surface area contributed by atoms with Crippen LogP contribution >= 0.6 is 0 Å². The van der Waals surface area contributed by atoms with Crippen molar-refractivity contribution in [1.82, 2.24) is 5.01 Å². The van der Waals surface area contributed by atoms with Crippen molar-refractivity contribution in [2.24, 2.45) is 5.10 Å². The number of hydrogen-bond acceptors (Lipinski definition) is 2. The lowest BCUT2D eigenvalue weighted by Gasteiger charge is -2.08. The van der Waals surface area contributed by atoms with Crippen LogP contribution in [0.4, 0.5) is 0 Å². The van der Waals surface area contributed by atoms with E-state index in [2.05, 4.69) is 37.1 Å². The Hall–Kier alpha value is -1.31. The van der Waals surface area contributed by atoms with E-state index in [1.807, 2.05) is 26.0 Å². The topological polar surface area (TPSA) is 15.6 Å². The molecule has 1 aromatic carbocycles. The van der Waals surface area contributed by atoms with Crippen LogP contribution in [0.15, 0.2) is 23.3 Å². The molecule has 0 unspecified atom stereocenters. The highest BCUT2D eigenvalue weighted by atomic mass is 15.4. The van der Waals surface area contributed by atoms with Gasteiger partial charge in [-0.2, -0.15) is 5.10 Å². The first-order chi connectivity index (χ1) is 6.50. The normalized spacial score (nSPS) is 11.6. The van der Waals surface area contributed by atoms with Crippen LogP contribution in [0.2, 0.25) is 0 Å². The summed E-state index contributed by atoms with van der Waals surface area (Å²) in [6.45, 7) is 6.28. The molecule has 2 heteroatoms. The average molecular weight is 190 g/mol. The minimum absolute atomic E-state index is 1.05. The van der Waals surface area contributed by atoms with Gasteiger partial charge >= 0.3 is 0 Å². The highest BCUT2D eigenvalue weighted by Gasteiger charge is 1.99. The largest absolute Gasteiger partial charge is 0.303 e. The van der Waals surface area contributed by atoms with Crippen LogP contribution < -0.4 is 0 Å². The van der Waals surface area contributed by atoms with Crippen molar-refractivity contribution in [2.45, 2.75) is 20.8 Å². The predicted octanol–water partition coefficient (Wildman–Crippen LogP) is 2.59. The van der Waals surface area contributed by atoms with Crippen LogP contribution in [0.25, 0.3) is 0 Å². The summed E-state index contributed by atoms with van der Waals surface area (Å²) in [6, 6.07) is 6.43. The maximum absolute atomic E-state index is 4.37. The zero-order valence-electron chi connectivity index (χ0n) is 9.63. The van der Waals surface area contributed by atoms with Gasteiger partial charge in [0.25, 0.3) is 0 Å². The van der Waals surface area contributed by atoms with E-state index in [0.717, 1.165) is 5.71 Å². The Balaban J connectivity index is 3.03. The SMILES string of the molecule is CC(=NN(C)C)c1ccc(C)c(C)c1. The summed E-state index contributed by atoms with van der Waals surface area (Å²) in [5.41, 5.74) is 4.89. The summed E-state index contributed by atoms with van der Waals surface area (Å²) >= 11 is 0. The molecule has 0 saturated carbocycles. The molecule has 14 heavy (non-hydrogen) atoms. The second-order valence-corrected chi connectivity index (χ2v) is 3.83. The molecule has 0 radical (unpaired) electrons. The summed E-state index contributed by atoms with van der Waals surface area (Å²) in [7, 11) is 3.87. The monoisotopic (exact) mass is 190 g/mol. The standard InChI is InChI=1S/C12H18N2/c1-9-6-7-12(8-10(9)2)11(3)13-14(4)5/h6-8H,1-5H3. The van der Waals surface area contributed by atoms with Gasteiger partial charge in [-0.15, -0.1) is 0 Å². The highest BCUT2D eigenvalue weighted by molar-refractivity contribution is 5.98. The van der Waals surface area contributed by atoms with Gasteiger partial charge in [0.05, 0.1) is 5.71 Å². The van der Waals surface area contributed by atoms with E-state index in [0.29, 0.717) is 0 Å². The third-order valence-electron chi connectivity index (χ3n) is 2.27. The molecule has 0 heterocycles. The summed E-state index contributed by atoms with van der Waals surface area (Å²) in [5, 5.41) is 6.19. The highest BCUT2D eigenvalue weighted by Crippen LogP contribution is 2.10. The van der Waals surface area contributed by atoms with E-state index in [1.54, 1.807) is 0 Å². The molecule has 0 bridgehead atoms. The molecule has 1 rings (SSSR count). The molecule has 0 aliphatic carbocycles. The summed E-state index contributed by atoms with van der Waals surface area (Å²) < 4.78 is 0. The van der Waals surface area contributed by atoms with E-state index >= 15 is 0 Å². The Morgan fingerprint density at radius 2 is 1.79 bits per heavy atom. The van der Waals surface area contributed by atoms with Gasteiger partial charge in [-0.1, -0.05) is 12.1 Å². The molecule has 0 aliphatic rings. The van der Waals surface area contributed by atoms with Gasteiger partial charge in [0, 0.05) is 14.1 Å². The van der Waals surface area contributed by atoms with Crippen molar-refractivity contribution in [3.05, 3.63) is 34.9 Å². The summed E-state index contributed by atoms with van der Waals surface area (Å²) in [4.78, 5) is 0. The van der Waals surface area contributed by atoms with E-state index in [1.165, 1.54) is 16.7 Å². The Kier molecular flexibility index (Phi) is 3.28. The Labute approximate surface area is 86.2 Å². The Morgan fingerprint density at radius 3 is 2.29 bits per heavy atom. The molecule has 2 nitrogen and oxygen atoms in total. The zero-order chi connectivity index (χ0) is 10.7. The molecule has 0 amide bonds. The maximum atomic E-state index is 4.37. The number of nitrogens with zero attached hydrogens (tertiary/aromatic N) is 2. The number of benzene rings is 1. The van der Waals surface area contributed by atoms with E-state index in [-0.39, 0.29) is 0 Å². The molecule has 0 saturated heterocycles. The first-order valence-electron chi connectivity index (χ1n) is 4.81. The van der Waals surface area contributed by atoms with Crippen LogP contribution in [-0.2, 0) is 0 Å². The van der Waals surface area contributed by atoms with Crippen LogP contribution in [0, 0.1) is 13.8 Å². The second kappa shape index (κ2) is 4.27. The molecule has 0 aliphatic heterocycles. The van der Waals surface area contributed by atoms with Crippen LogP contribution in [0.3, 0.4) is 0 Å². The number of hydrogen-bond donors (Lipinski definition) is 0. The minimum atomic E-state index is 1.05. The molecule has 1 aromatic rings. The molecule has 0 spiro atoms. The van der Waals surface area contributed by atoms with Crippen molar-refractivity contribution in [2.75, 3.05) is 14.1 Å². The smallest absolute Gasteiger partial charge is 0.0646 e. The third kappa shape index (κ3) is 2.59. The molecule has 0 N–H and O–H groups in total. The van der Waals surface area contributed by atoms with Crippen LogP contribution in [0.1, 0.15) is 23.6 Å². The summed E-state index contributed by atoms with van der Waals surface area (Å²) in [5.74, 6) is 0. The average Bonchev–Trinajstić information content (AvgIpc) is 2.08. The zero-order valence-corrected chi connectivity index (χ0v) is 9.63. The lowest BCUT2D eigenvalue weighted by atomic mass is 10.0. The fraction of sp³-hybridized carbons (Fsp3) is 0.417. The van der Waals surface area contributed by atoms with Gasteiger partial charge in [0.15, 0.2) is 0 Å². The molecule has 0 aromatic heterocycles. The maximum Gasteiger partial charge on any atom is 0.0646 e. The Bertz CT molecular complexity index is 351. The van der Waals surface area contributed by atoms with Gasteiger partial charge in [-0.25, -0.2) is 0 Å². The molecule has 76 valence electrons. The molecular weight excluding hydrogens is 172 g/mol. The molecular formula is C12H18N2. The Morgan fingerprint density at radius 1 is 1.14 bits per heavy atom. The van der Waals surface area contributed by atoms with Crippen LogP contribution in [-0.4, -0.2) is 24.8 Å². The first kappa shape index (κ1) is 10.8. The van der Waals surface area contributed by atoms with Crippen molar-refractivity contribution in [1.29, 1.82) is 0 Å². The van der Waals surface area contributed by atoms with Gasteiger partial charge in [0.1, 0.15) is 0 Å². The van der Waals surface area contributed by atoms with Crippen molar-refractivity contribution < 1.29 is 0 Å². The third-order valence-corrected chi connectivity index (χ3v) is 2.27. The van der Waals surface area contributed by atoms with Crippen molar-refractivity contribution >= 4 is 5.71 Å². The quantitative estimate of drug-likeness (QED) is 0.517. The first-order valence-corrected chi connectivity index (χ1v) is 4.81. The number of aryl methyl sites for hydroxylation is 2. The fourth-order valence-electron chi connectivity index (χ4n) is 1.32.